The SMILES string of the molecule is CCOC1(c2nc(Cl)c(I)c(C3CC3)n2)CCCC1. The third-order valence-corrected chi connectivity index (χ3v) is 5.70. The molecular weight excluding hydrogens is 375 g/mol. The number of rotatable bonds is 4. The molecule has 0 spiro atoms. The molecule has 2 fully saturated rings. The van der Waals surface area contributed by atoms with Gasteiger partial charge < -0.3 is 4.74 Å². The Morgan fingerprint density at radius 3 is 2.58 bits per heavy atom. The van der Waals surface area contributed by atoms with Crippen LogP contribution in [0.25, 0.3) is 0 Å². The average molecular weight is 393 g/mol. The summed E-state index contributed by atoms with van der Waals surface area (Å²) in [7, 11) is 0. The van der Waals surface area contributed by atoms with Crippen LogP contribution in [0.5, 0.6) is 0 Å². The van der Waals surface area contributed by atoms with Gasteiger partial charge in [0.1, 0.15) is 10.8 Å². The van der Waals surface area contributed by atoms with Crippen molar-refractivity contribution in [3.8, 4) is 0 Å². The summed E-state index contributed by atoms with van der Waals surface area (Å²) in [5, 5.41) is 0.596. The summed E-state index contributed by atoms with van der Waals surface area (Å²) in [6, 6.07) is 0. The van der Waals surface area contributed by atoms with Crippen molar-refractivity contribution in [2.45, 2.75) is 57.0 Å². The maximum Gasteiger partial charge on any atom is 0.162 e. The molecule has 2 aliphatic carbocycles. The summed E-state index contributed by atoms with van der Waals surface area (Å²) in [5.41, 5.74) is 0.855. The number of hydrogen-bond donors (Lipinski definition) is 0. The molecule has 0 N–H and O–H groups in total. The molecule has 0 saturated heterocycles. The fourth-order valence-corrected chi connectivity index (χ4v) is 3.78. The molecule has 5 heteroatoms. The van der Waals surface area contributed by atoms with Crippen LogP contribution in [0.1, 0.15) is 62.9 Å². The lowest BCUT2D eigenvalue weighted by atomic mass is 10.0. The van der Waals surface area contributed by atoms with Crippen LogP contribution in [-0.2, 0) is 10.3 Å². The van der Waals surface area contributed by atoms with Gasteiger partial charge in [-0.25, -0.2) is 9.97 Å². The quantitative estimate of drug-likeness (QED) is 0.562. The zero-order chi connectivity index (χ0) is 13.5. The molecular formula is C14H18ClIN2O. The monoisotopic (exact) mass is 392 g/mol. The van der Waals surface area contributed by atoms with E-state index >= 15 is 0 Å². The van der Waals surface area contributed by atoms with Gasteiger partial charge in [0.15, 0.2) is 5.82 Å². The van der Waals surface area contributed by atoms with Crippen LogP contribution in [-0.4, -0.2) is 16.6 Å². The Hall–Kier alpha value is 0.0600. The van der Waals surface area contributed by atoms with Crippen LogP contribution in [0.4, 0.5) is 0 Å². The molecule has 1 aromatic rings. The van der Waals surface area contributed by atoms with E-state index in [9.17, 15) is 0 Å². The van der Waals surface area contributed by atoms with E-state index in [-0.39, 0.29) is 5.60 Å². The van der Waals surface area contributed by atoms with Crippen molar-refractivity contribution in [3.05, 3.63) is 20.2 Å². The third-order valence-electron chi connectivity index (χ3n) is 4.04. The second-order valence-corrected chi connectivity index (χ2v) is 6.88. The average Bonchev–Trinajstić information content (AvgIpc) is 3.13. The minimum Gasteiger partial charge on any atom is -0.367 e. The highest BCUT2D eigenvalue weighted by molar-refractivity contribution is 14.1. The van der Waals surface area contributed by atoms with E-state index in [2.05, 4.69) is 27.6 Å². The standard InChI is InChI=1S/C14H18ClIN2O/c1-2-19-14(7-3-4-8-14)13-17-11(9-5-6-9)10(16)12(15)18-13/h9H,2-8H2,1H3. The number of aromatic nitrogens is 2. The van der Waals surface area contributed by atoms with Crippen LogP contribution in [0.3, 0.4) is 0 Å². The molecule has 2 saturated carbocycles. The largest absolute Gasteiger partial charge is 0.367 e. The highest BCUT2D eigenvalue weighted by Crippen LogP contribution is 2.45. The van der Waals surface area contributed by atoms with Crippen molar-refractivity contribution in [2.24, 2.45) is 0 Å². The second kappa shape index (κ2) is 5.45. The molecule has 0 unspecified atom stereocenters. The van der Waals surface area contributed by atoms with E-state index in [1.807, 2.05) is 6.92 Å². The zero-order valence-electron chi connectivity index (χ0n) is 11.1. The van der Waals surface area contributed by atoms with Crippen molar-refractivity contribution in [3.63, 3.8) is 0 Å². The lowest BCUT2D eigenvalue weighted by molar-refractivity contribution is -0.0458. The van der Waals surface area contributed by atoms with Gasteiger partial charge in [0, 0.05) is 12.5 Å². The van der Waals surface area contributed by atoms with Gasteiger partial charge in [-0.1, -0.05) is 11.6 Å². The van der Waals surface area contributed by atoms with Crippen LogP contribution in [0.15, 0.2) is 0 Å². The Labute approximate surface area is 132 Å². The predicted octanol–water partition coefficient (Wildman–Crippen LogP) is 4.42. The first-order valence-electron chi connectivity index (χ1n) is 7.03. The van der Waals surface area contributed by atoms with Crippen molar-refractivity contribution in [1.82, 2.24) is 9.97 Å². The first-order chi connectivity index (χ1) is 9.16. The number of hydrogen-bond acceptors (Lipinski definition) is 3. The molecule has 104 valence electrons. The Kier molecular flexibility index (Phi) is 4.02. The van der Waals surface area contributed by atoms with Crippen molar-refractivity contribution >= 4 is 34.2 Å². The van der Waals surface area contributed by atoms with E-state index in [1.165, 1.54) is 25.7 Å². The first-order valence-corrected chi connectivity index (χ1v) is 8.49. The molecule has 0 bridgehead atoms. The van der Waals surface area contributed by atoms with Gasteiger partial charge in [0.2, 0.25) is 0 Å². The summed E-state index contributed by atoms with van der Waals surface area (Å²) in [6.07, 6.45) is 6.86. The van der Waals surface area contributed by atoms with Gasteiger partial charge in [0.25, 0.3) is 0 Å². The molecule has 19 heavy (non-hydrogen) atoms. The Balaban J connectivity index is 2.03. The zero-order valence-corrected chi connectivity index (χ0v) is 14.0. The van der Waals surface area contributed by atoms with Crippen molar-refractivity contribution in [2.75, 3.05) is 6.61 Å². The lowest BCUT2D eigenvalue weighted by Gasteiger charge is -2.28. The Morgan fingerprint density at radius 2 is 2.00 bits per heavy atom. The van der Waals surface area contributed by atoms with Gasteiger partial charge in [-0.2, -0.15) is 0 Å². The maximum atomic E-state index is 6.32. The molecule has 0 amide bonds. The summed E-state index contributed by atoms with van der Waals surface area (Å²) < 4.78 is 7.06. The van der Waals surface area contributed by atoms with Gasteiger partial charge in [0.05, 0.1) is 9.26 Å². The Morgan fingerprint density at radius 1 is 1.32 bits per heavy atom. The molecule has 3 rings (SSSR count). The van der Waals surface area contributed by atoms with Crippen LogP contribution >= 0.6 is 34.2 Å². The minimum absolute atomic E-state index is 0.285. The number of nitrogens with zero attached hydrogens (tertiary/aromatic N) is 2. The molecule has 1 aromatic heterocycles. The molecule has 0 aliphatic heterocycles. The molecule has 0 radical (unpaired) electrons. The highest BCUT2D eigenvalue weighted by atomic mass is 127. The van der Waals surface area contributed by atoms with Crippen molar-refractivity contribution in [1.29, 1.82) is 0 Å². The molecule has 1 heterocycles. The fraction of sp³-hybridized carbons (Fsp3) is 0.714. The third kappa shape index (κ3) is 2.63. The smallest absolute Gasteiger partial charge is 0.162 e. The van der Waals surface area contributed by atoms with Crippen LogP contribution in [0, 0.1) is 3.57 Å². The van der Waals surface area contributed by atoms with Gasteiger partial charge in [-0.15, -0.1) is 0 Å². The van der Waals surface area contributed by atoms with Gasteiger partial charge in [-0.3, -0.25) is 0 Å². The van der Waals surface area contributed by atoms with Gasteiger partial charge >= 0.3 is 0 Å². The molecule has 2 aliphatic rings. The van der Waals surface area contributed by atoms with Crippen LogP contribution < -0.4 is 0 Å². The molecule has 0 aromatic carbocycles. The van der Waals surface area contributed by atoms with E-state index in [0.29, 0.717) is 17.7 Å². The topological polar surface area (TPSA) is 35.0 Å². The summed E-state index contributed by atoms with van der Waals surface area (Å²) in [4.78, 5) is 9.38. The Bertz CT molecular complexity index is 485. The molecule has 0 atom stereocenters. The van der Waals surface area contributed by atoms with E-state index in [1.54, 1.807) is 0 Å². The van der Waals surface area contributed by atoms with Gasteiger partial charge in [-0.05, 0) is 68.0 Å². The fourth-order valence-electron chi connectivity index (χ4n) is 2.92. The summed E-state index contributed by atoms with van der Waals surface area (Å²) in [5.74, 6) is 1.41. The van der Waals surface area contributed by atoms with E-state index in [0.717, 1.165) is 27.9 Å². The maximum absolute atomic E-state index is 6.32. The normalized spacial score (nSPS) is 21.8. The van der Waals surface area contributed by atoms with Crippen LogP contribution in [0.2, 0.25) is 5.15 Å². The predicted molar refractivity (Wildman–Crippen MR) is 83.5 cm³/mol. The first kappa shape index (κ1) is 14.0. The minimum atomic E-state index is -0.285. The number of halogens is 2. The van der Waals surface area contributed by atoms with E-state index in [4.69, 9.17) is 21.3 Å². The molecule has 3 nitrogen and oxygen atoms in total. The lowest BCUT2D eigenvalue weighted by Crippen LogP contribution is -2.29. The summed E-state index contributed by atoms with van der Waals surface area (Å²) >= 11 is 8.59. The second-order valence-electron chi connectivity index (χ2n) is 5.45. The highest BCUT2D eigenvalue weighted by Gasteiger charge is 2.41. The van der Waals surface area contributed by atoms with E-state index < -0.39 is 0 Å². The summed E-state index contributed by atoms with van der Waals surface area (Å²) in [6.45, 7) is 2.74. The van der Waals surface area contributed by atoms with Crippen molar-refractivity contribution < 1.29 is 4.74 Å². The number of ether oxygens (including phenoxy) is 1.